The zero-order valence-electron chi connectivity index (χ0n) is 18.6. The number of methoxy groups -OCH3 is 1. The van der Waals surface area contributed by atoms with Gasteiger partial charge in [0.15, 0.2) is 5.89 Å². The minimum atomic E-state index is -1.31. The van der Waals surface area contributed by atoms with Crippen LogP contribution in [0.2, 0.25) is 0 Å². The van der Waals surface area contributed by atoms with Crippen molar-refractivity contribution >= 4 is 5.97 Å². The molecule has 1 aliphatic heterocycles. The lowest BCUT2D eigenvalue weighted by molar-refractivity contribution is -0.272. The average Bonchev–Trinajstić information content (AvgIpc) is 3.10. The molecule has 2 heterocycles. The Morgan fingerprint density at radius 3 is 2.37 bits per heavy atom. The van der Waals surface area contributed by atoms with Gasteiger partial charge in [-0.1, -0.05) is 32.9 Å². The number of esters is 1. The summed E-state index contributed by atoms with van der Waals surface area (Å²) in [5, 5.41) is 0. The first kappa shape index (κ1) is 22.3. The van der Waals surface area contributed by atoms with E-state index in [0.29, 0.717) is 25.7 Å². The molecule has 0 saturated carbocycles. The van der Waals surface area contributed by atoms with Gasteiger partial charge in [-0.2, -0.15) is 0 Å². The topological polar surface area (TPSA) is 80.0 Å². The van der Waals surface area contributed by atoms with E-state index < -0.39 is 11.8 Å². The van der Waals surface area contributed by atoms with Crippen LogP contribution in [-0.2, 0) is 37.4 Å². The first-order valence-corrected chi connectivity index (χ1v) is 10.2. The third-order valence-corrected chi connectivity index (χ3v) is 5.10. The van der Waals surface area contributed by atoms with Crippen LogP contribution in [0.1, 0.15) is 50.6 Å². The SMILES string of the molecule is COC(=O)C1(C)OCC(Cc2ccc(OCc3nc(C(C)(C)C)oc3C)cc2)CO1. The maximum atomic E-state index is 11.7. The Balaban J connectivity index is 1.51. The van der Waals surface area contributed by atoms with E-state index in [-0.39, 0.29) is 11.3 Å². The number of nitrogens with zero attached hydrogens (tertiary/aromatic N) is 1. The molecule has 7 heteroatoms. The molecular weight excluding hydrogens is 386 g/mol. The number of hydrogen-bond acceptors (Lipinski definition) is 7. The third kappa shape index (κ3) is 5.21. The lowest BCUT2D eigenvalue weighted by Crippen LogP contribution is -2.48. The number of ether oxygens (including phenoxy) is 4. The van der Waals surface area contributed by atoms with Crippen LogP contribution in [0, 0.1) is 12.8 Å². The summed E-state index contributed by atoms with van der Waals surface area (Å²) >= 11 is 0. The number of aromatic nitrogens is 1. The fourth-order valence-corrected chi connectivity index (χ4v) is 3.15. The standard InChI is InChI=1S/C23H31NO6/c1-15-19(24-20(30-15)22(2,3)4)14-27-18-9-7-16(8-10-18)11-17-12-28-23(5,29-13-17)21(25)26-6/h7-10,17H,11-14H2,1-6H3. The van der Waals surface area contributed by atoms with Crippen LogP contribution in [0.5, 0.6) is 5.75 Å². The molecule has 2 aromatic rings. The van der Waals surface area contributed by atoms with E-state index in [2.05, 4.69) is 25.8 Å². The summed E-state index contributed by atoms with van der Waals surface area (Å²) in [6.07, 6.45) is 0.787. The van der Waals surface area contributed by atoms with Crippen LogP contribution in [-0.4, -0.2) is 37.1 Å². The summed E-state index contributed by atoms with van der Waals surface area (Å²) in [4.78, 5) is 16.3. The molecule has 7 nitrogen and oxygen atoms in total. The number of carbonyl (C=O) groups is 1. The van der Waals surface area contributed by atoms with Gasteiger partial charge in [-0.25, -0.2) is 9.78 Å². The van der Waals surface area contributed by atoms with Crippen molar-refractivity contribution in [2.45, 2.75) is 58.8 Å². The van der Waals surface area contributed by atoms with Gasteiger partial charge in [0.25, 0.3) is 5.79 Å². The van der Waals surface area contributed by atoms with E-state index in [1.165, 1.54) is 7.11 Å². The van der Waals surface area contributed by atoms with Crippen molar-refractivity contribution in [3.8, 4) is 5.75 Å². The molecule has 0 unspecified atom stereocenters. The highest BCUT2D eigenvalue weighted by molar-refractivity contribution is 5.77. The Morgan fingerprint density at radius 1 is 1.20 bits per heavy atom. The minimum absolute atomic E-state index is 0.133. The first-order valence-electron chi connectivity index (χ1n) is 10.2. The third-order valence-electron chi connectivity index (χ3n) is 5.10. The zero-order chi connectivity index (χ0) is 21.9. The summed E-state index contributed by atoms with van der Waals surface area (Å²) in [5.41, 5.74) is 1.83. The van der Waals surface area contributed by atoms with Crippen LogP contribution >= 0.6 is 0 Å². The summed E-state index contributed by atoms with van der Waals surface area (Å²) in [6, 6.07) is 7.94. The second-order valence-corrected chi connectivity index (χ2v) is 8.83. The van der Waals surface area contributed by atoms with Crippen molar-refractivity contribution < 1.29 is 28.2 Å². The summed E-state index contributed by atoms with van der Waals surface area (Å²) in [7, 11) is 1.32. The molecule has 0 atom stereocenters. The Hall–Kier alpha value is -2.38. The lowest BCUT2D eigenvalue weighted by Gasteiger charge is -2.35. The van der Waals surface area contributed by atoms with E-state index in [0.717, 1.165) is 29.2 Å². The first-order chi connectivity index (χ1) is 14.1. The molecule has 1 fully saturated rings. The van der Waals surface area contributed by atoms with Gasteiger partial charge in [0.2, 0.25) is 0 Å². The van der Waals surface area contributed by atoms with Gasteiger partial charge in [0.05, 0.1) is 20.3 Å². The zero-order valence-corrected chi connectivity index (χ0v) is 18.6. The highest BCUT2D eigenvalue weighted by atomic mass is 16.7. The van der Waals surface area contributed by atoms with E-state index in [1.54, 1.807) is 6.92 Å². The van der Waals surface area contributed by atoms with Gasteiger partial charge in [-0.3, -0.25) is 0 Å². The van der Waals surface area contributed by atoms with Crippen molar-refractivity contribution in [3.05, 3.63) is 47.2 Å². The molecule has 3 rings (SSSR count). The number of hydrogen-bond donors (Lipinski definition) is 0. The molecule has 1 aliphatic rings. The Morgan fingerprint density at radius 2 is 1.83 bits per heavy atom. The normalized spacial score (nSPS) is 22.0. The predicted octanol–water partition coefficient (Wildman–Crippen LogP) is 3.95. The monoisotopic (exact) mass is 417 g/mol. The molecule has 1 aromatic carbocycles. The number of carbonyl (C=O) groups excluding carboxylic acids is 1. The van der Waals surface area contributed by atoms with Crippen LogP contribution in [0.15, 0.2) is 28.7 Å². The molecule has 0 N–H and O–H groups in total. The van der Waals surface area contributed by atoms with Gasteiger partial charge >= 0.3 is 5.97 Å². The molecule has 164 valence electrons. The van der Waals surface area contributed by atoms with Gasteiger partial charge in [-0.05, 0) is 31.0 Å². The van der Waals surface area contributed by atoms with Gasteiger partial charge in [-0.15, -0.1) is 0 Å². The Labute approximate surface area is 177 Å². The van der Waals surface area contributed by atoms with Crippen LogP contribution < -0.4 is 4.74 Å². The van der Waals surface area contributed by atoms with Crippen molar-refractivity contribution in [1.82, 2.24) is 4.98 Å². The number of benzene rings is 1. The molecule has 1 saturated heterocycles. The van der Waals surface area contributed by atoms with E-state index in [1.807, 2.05) is 31.2 Å². The van der Waals surface area contributed by atoms with Crippen LogP contribution in [0.3, 0.4) is 0 Å². The molecular formula is C23H31NO6. The number of rotatable bonds is 6. The van der Waals surface area contributed by atoms with Gasteiger partial charge in [0, 0.05) is 18.3 Å². The van der Waals surface area contributed by atoms with Crippen molar-refractivity contribution in [3.63, 3.8) is 0 Å². The molecule has 0 bridgehead atoms. The van der Waals surface area contributed by atoms with Crippen molar-refractivity contribution in [2.24, 2.45) is 5.92 Å². The maximum Gasteiger partial charge on any atom is 0.366 e. The second kappa shape index (κ2) is 8.78. The van der Waals surface area contributed by atoms with Crippen LogP contribution in [0.4, 0.5) is 0 Å². The summed E-state index contributed by atoms with van der Waals surface area (Å²) in [6.45, 7) is 10.9. The quantitative estimate of drug-likeness (QED) is 0.658. The van der Waals surface area contributed by atoms with Gasteiger partial charge in [0.1, 0.15) is 23.8 Å². The smallest absolute Gasteiger partial charge is 0.366 e. The molecule has 0 spiro atoms. The Kier molecular flexibility index (Phi) is 6.53. The molecule has 0 radical (unpaired) electrons. The number of aryl methyl sites for hydroxylation is 1. The largest absolute Gasteiger partial charge is 0.487 e. The van der Waals surface area contributed by atoms with E-state index in [9.17, 15) is 4.79 Å². The summed E-state index contributed by atoms with van der Waals surface area (Å²) < 4.78 is 27.6. The number of oxazole rings is 1. The van der Waals surface area contributed by atoms with E-state index in [4.69, 9.17) is 23.4 Å². The lowest BCUT2D eigenvalue weighted by atomic mass is 9.97. The second-order valence-electron chi connectivity index (χ2n) is 8.83. The van der Waals surface area contributed by atoms with Crippen molar-refractivity contribution in [1.29, 1.82) is 0 Å². The predicted molar refractivity (Wildman–Crippen MR) is 110 cm³/mol. The Bertz CT molecular complexity index is 857. The average molecular weight is 418 g/mol. The van der Waals surface area contributed by atoms with Gasteiger partial charge < -0.3 is 23.4 Å². The molecule has 30 heavy (non-hydrogen) atoms. The summed E-state index contributed by atoms with van der Waals surface area (Å²) in [5.74, 6) is 0.618. The van der Waals surface area contributed by atoms with Crippen molar-refractivity contribution in [2.75, 3.05) is 20.3 Å². The highest BCUT2D eigenvalue weighted by Crippen LogP contribution is 2.26. The maximum absolute atomic E-state index is 11.7. The fourth-order valence-electron chi connectivity index (χ4n) is 3.15. The molecule has 0 aliphatic carbocycles. The highest BCUT2D eigenvalue weighted by Gasteiger charge is 2.41. The van der Waals surface area contributed by atoms with E-state index >= 15 is 0 Å². The minimum Gasteiger partial charge on any atom is -0.487 e. The molecule has 1 aromatic heterocycles. The van der Waals surface area contributed by atoms with Crippen LogP contribution in [0.25, 0.3) is 0 Å². The molecule has 0 amide bonds. The fraction of sp³-hybridized carbons (Fsp3) is 0.565.